The molecule has 19 heteroatoms. The molecule has 0 amide bonds. The van der Waals surface area contributed by atoms with Crippen molar-refractivity contribution in [3.63, 3.8) is 0 Å². The maximum atomic E-state index is 12.2. The van der Waals surface area contributed by atoms with E-state index in [9.17, 15) is 39.5 Å². The lowest BCUT2D eigenvalue weighted by Gasteiger charge is -2.10. The average Bonchev–Trinajstić information content (AvgIpc) is 2.96. The lowest BCUT2D eigenvalue weighted by atomic mass is 10.1. The number of aromatic hydroxyl groups is 1. The molecule has 0 aliphatic rings. The van der Waals surface area contributed by atoms with Crippen molar-refractivity contribution in [2.75, 3.05) is 11.2 Å². The van der Waals surface area contributed by atoms with E-state index >= 15 is 0 Å². The molecule has 0 saturated heterocycles. The first kappa shape index (κ1) is 31.4. The Kier molecular flexibility index (Phi) is 7.99. The fraction of sp³-hybridized carbons (Fsp3) is 0. The molecule has 0 aromatic heterocycles. The zero-order valence-electron chi connectivity index (χ0n) is 22.3. The summed E-state index contributed by atoms with van der Waals surface area (Å²) in [6, 6.07) is 16.4. The summed E-state index contributed by atoms with van der Waals surface area (Å²) in [4.78, 5) is -1.61. The van der Waals surface area contributed by atoms with Crippen LogP contribution in [0.3, 0.4) is 0 Å². The fourth-order valence-electron chi connectivity index (χ4n) is 4.22. The number of nitrogens with zero attached hydrogens (tertiary/aromatic N) is 4. The lowest BCUT2D eigenvalue weighted by Crippen LogP contribution is -1.99. The van der Waals surface area contributed by atoms with Crippen molar-refractivity contribution in [3.05, 3.63) is 78.9 Å². The molecule has 45 heavy (non-hydrogen) atoms. The van der Waals surface area contributed by atoms with Gasteiger partial charge in [0.2, 0.25) is 0 Å². The second-order valence-corrected chi connectivity index (χ2v) is 13.6. The van der Waals surface area contributed by atoms with Gasteiger partial charge in [0.15, 0.2) is 5.75 Å². The van der Waals surface area contributed by atoms with Gasteiger partial charge in [-0.05, 0) is 72.1 Å². The maximum Gasteiger partial charge on any atom is 0.296 e. The van der Waals surface area contributed by atoms with Gasteiger partial charge in [-0.25, -0.2) is 0 Å². The van der Waals surface area contributed by atoms with Gasteiger partial charge in [-0.15, -0.1) is 15.3 Å². The number of benzene rings is 5. The number of nitrogens with one attached hydrogen (secondary N) is 1. The summed E-state index contributed by atoms with van der Waals surface area (Å²) >= 11 is 0. The number of rotatable bonds is 8. The molecule has 0 saturated carbocycles. The van der Waals surface area contributed by atoms with Crippen LogP contribution in [0.25, 0.3) is 21.5 Å². The molecule has 0 fully saturated rings. The highest BCUT2D eigenvalue weighted by atomic mass is 32.2. The van der Waals surface area contributed by atoms with Crippen molar-refractivity contribution in [1.82, 2.24) is 0 Å². The summed E-state index contributed by atoms with van der Waals surface area (Å²) in [7, 11) is -14.0. The Balaban J connectivity index is 1.60. The van der Waals surface area contributed by atoms with Crippen molar-refractivity contribution in [1.29, 1.82) is 0 Å². The van der Waals surface area contributed by atoms with Gasteiger partial charge in [0.05, 0.1) is 26.9 Å². The highest BCUT2D eigenvalue weighted by Crippen LogP contribution is 2.43. The first-order valence-corrected chi connectivity index (χ1v) is 16.6. The summed E-state index contributed by atoms with van der Waals surface area (Å²) in [5, 5.41) is 27.3. The molecule has 5 rings (SSSR count). The summed E-state index contributed by atoms with van der Waals surface area (Å²) in [5.74, 6) is -0.653. The Morgan fingerprint density at radius 2 is 1.22 bits per heavy atom. The van der Waals surface area contributed by atoms with E-state index in [1.54, 1.807) is 0 Å². The summed E-state index contributed by atoms with van der Waals surface area (Å²) in [6.07, 6.45) is 0. The van der Waals surface area contributed by atoms with Crippen LogP contribution in [0.4, 0.5) is 28.4 Å². The molecule has 5 aromatic carbocycles. The Morgan fingerprint density at radius 3 is 1.84 bits per heavy atom. The minimum absolute atomic E-state index is 0.0563. The highest BCUT2D eigenvalue weighted by molar-refractivity contribution is 7.86. The average molecular weight is 673 g/mol. The van der Waals surface area contributed by atoms with Gasteiger partial charge < -0.3 is 10.8 Å². The molecule has 0 radical (unpaired) electrons. The van der Waals surface area contributed by atoms with Gasteiger partial charge in [-0.3, -0.25) is 19.1 Å². The SMILES string of the molecule is Nc1ccc2cc(S(=O)(=O)O)c(N=Nc3ccc(N=NNc4ccc(S(=O)(=O)O)cc4)c4ccc(S(=O)(=O)O)cc34)c(O)c2c1. The van der Waals surface area contributed by atoms with Gasteiger partial charge in [0.25, 0.3) is 30.4 Å². The third kappa shape index (κ3) is 6.72. The van der Waals surface area contributed by atoms with Crippen LogP contribution in [-0.4, -0.2) is 44.0 Å². The van der Waals surface area contributed by atoms with Crippen LogP contribution in [0.2, 0.25) is 0 Å². The largest absolute Gasteiger partial charge is 0.505 e. The second-order valence-electron chi connectivity index (χ2n) is 9.33. The van der Waals surface area contributed by atoms with Crippen LogP contribution in [-0.2, 0) is 30.4 Å². The van der Waals surface area contributed by atoms with Crippen molar-refractivity contribution in [2.24, 2.45) is 20.6 Å². The Labute approximate surface area is 254 Å². The minimum atomic E-state index is -4.91. The number of nitrogen functional groups attached to an aromatic ring is 1. The van der Waals surface area contributed by atoms with E-state index in [1.165, 1.54) is 48.5 Å². The molecule has 232 valence electrons. The number of azo groups is 1. The molecule has 7 N–H and O–H groups in total. The highest BCUT2D eigenvalue weighted by Gasteiger charge is 2.22. The molecule has 0 unspecified atom stereocenters. The van der Waals surface area contributed by atoms with Gasteiger partial charge in [0, 0.05) is 21.8 Å². The zero-order chi connectivity index (χ0) is 32.7. The first-order valence-electron chi connectivity index (χ1n) is 12.3. The van der Waals surface area contributed by atoms with Crippen LogP contribution >= 0.6 is 0 Å². The summed E-state index contributed by atoms with van der Waals surface area (Å²) < 4.78 is 99.1. The number of phenols is 1. The van der Waals surface area contributed by atoms with Crippen LogP contribution in [0, 0.1) is 0 Å². The normalized spacial score (nSPS) is 12.9. The Bertz CT molecular complexity index is 2400. The zero-order valence-corrected chi connectivity index (χ0v) is 24.8. The lowest BCUT2D eigenvalue weighted by molar-refractivity contribution is 0.472. The fourth-order valence-corrected chi connectivity index (χ4v) is 5.87. The molecule has 0 aliphatic heterocycles. The first-order chi connectivity index (χ1) is 21.0. The van der Waals surface area contributed by atoms with E-state index in [4.69, 9.17) is 10.3 Å². The van der Waals surface area contributed by atoms with Gasteiger partial charge >= 0.3 is 0 Å². The number of hydrogen-bond donors (Lipinski definition) is 6. The molecule has 5 aromatic rings. The van der Waals surface area contributed by atoms with E-state index < -0.39 is 51.6 Å². The van der Waals surface area contributed by atoms with E-state index in [0.29, 0.717) is 5.69 Å². The Hall–Kier alpha value is -5.05. The third-order valence-electron chi connectivity index (χ3n) is 6.34. The minimum Gasteiger partial charge on any atom is -0.505 e. The molecule has 0 atom stereocenters. The predicted molar refractivity (Wildman–Crippen MR) is 162 cm³/mol. The molecule has 0 bridgehead atoms. The van der Waals surface area contributed by atoms with Gasteiger partial charge in [-0.1, -0.05) is 17.4 Å². The maximum absolute atomic E-state index is 12.2. The monoisotopic (exact) mass is 672 g/mol. The van der Waals surface area contributed by atoms with Crippen molar-refractivity contribution in [3.8, 4) is 5.75 Å². The van der Waals surface area contributed by atoms with Crippen LogP contribution in [0.5, 0.6) is 5.75 Å². The summed E-state index contributed by atoms with van der Waals surface area (Å²) in [5.41, 5.74) is 8.39. The van der Waals surface area contributed by atoms with Crippen LogP contribution in [0.15, 0.2) is 114 Å². The smallest absolute Gasteiger partial charge is 0.296 e. The number of nitrogens with two attached hydrogens (primary N) is 1. The topological polar surface area (TPSA) is 271 Å². The molecular formula is C26H20N6O10S3. The van der Waals surface area contributed by atoms with Crippen LogP contribution < -0.4 is 11.2 Å². The Morgan fingerprint density at radius 1 is 0.600 bits per heavy atom. The van der Waals surface area contributed by atoms with E-state index in [-0.39, 0.29) is 43.5 Å². The molecule has 0 aliphatic carbocycles. The number of fused-ring (bicyclic) bond motifs is 2. The number of phenolic OH excluding ortho intramolecular Hbond substituents is 1. The van der Waals surface area contributed by atoms with Crippen molar-refractivity contribution in [2.45, 2.75) is 14.7 Å². The molecule has 16 nitrogen and oxygen atoms in total. The van der Waals surface area contributed by atoms with Gasteiger partial charge in [-0.2, -0.15) is 25.3 Å². The third-order valence-corrected chi connectivity index (χ3v) is 8.93. The van der Waals surface area contributed by atoms with E-state index in [1.807, 2.05) is 0 Å². The van der Waals surface area contributed by atoms with E-state index in [2.05, 4.69) is 26.0 Å². The molecule has 0 spiro atoms. The number of anilines is 2. The quantitative estimate of drug-likeness (QED) is 0.0512. The summed E-state index contributed by atoms with van der Waals surface area (Å²) in [6.45, 7) is 0. The van der Waals surface area contributed by atoms with E-state index in [0.717, 1.165) is 30.3 Å². The van der Waals surface area contributed by atoms with Gasteiger partial charge in [0.1, 0.15) is 10.6 Å². The van der Waals surface area contributed by atoms with Crippen molar-refractivity contribution >= 4 is 80.3 Å². The second kappa shape index (κ2) is 11.5. The predicted octanol–water partition coefficient (Wildman–Crippen LogP) is 5.55. The molecule has 0 heterocycles. The van der Waals surface area contributed by atoms with Crippen molar-refractivity contribution < 1.29 is 44.0 Å². The molecular weight excluding hydrogens is 653 g/mol. The standard InChI is InChI=1S/C26H20N6O10S3/c27-15-2-1-14-11-24(45(40,41)42)25(26(33)20(14)12-15)31-29-23-10-9-22(19-8-7-18(13-21(19)23)44(37,38)39)30-32-28-16-3-5-17(6-4-16)43(34,35)36/h1-13,33H,27H2,(H,28,30)(H,34,35,36)(H,37,38,39)(H,40,41,42). The van der Waals surface area contributed by atoms with Crippen LogP contribution in [0.1, 0.15) is 0 Å². The number of hydrogen-bond acceptors (Lipinski definition) is 12.